The highest BCUT2D eigenvalue weighted by atomic mass is 32.1. The topological polar surface area (TPSA) is 49.4 Å². The molecule has 0 unspecified atom stereocenters. The minimum atomic E-state index is -0.393. The SMILES string of the molecule is O=C(Nc1cccc(F)c1)C1CN(C(=O)c2cccs2)C1. The van der Waals surface area contributed by atoms with Crippen molar-refractivity contribution in [1.82, 2.24) is 4.90 Å². The van der Waals surface area contributed by atoms with Crippen molar-refractivity contribution in [1.29, 1.82) is 0 Å². The third-order valence-electron chi connectivity index (χ3n) is 3.36. The molecule has 21 heavy (non-hydrogen) atoms. The Morgan fingerprint density at radius 1 is 1.24 bits per heavy atom. The maximum absolute atomic E-state index is 13.0. The summed E-state index contributed by atoms with van der Waals surface area (Å²) >= 11 is 1.39. The smallest absolute Gasteiger partial charge is 0.263 e. The third kappa shape index (κ3) is 2.95. The average Bonchev–Trinajstić information content (AvgIpc) is 2.90. The molecule has 0 spiro atoms. The van der Waals surface area contributed by atoms with Gasteiger partial charge in [-0.1, -0.05) is 12.1 Å². The van der Waals surface area contributed by atoms with Gasteiger partial charge in [0.05, 0.1) is 10.8 Å². The van der Waals surface area contributed by atoms with E-state index in [4.69, 9.17) is 0 Å². The molecule has 2 aromatic rings. The molecular formula is C15H13FN2O2S. The van der Waals surface area contributed by atoms with Crippen molar-refractivity contribution in [2.75, 3.05) is 18.4 Å². The fourth-order valence-electron chi connectivity index (χ4n) is 2.18. The van der Waals surface area contributed by atoms with E-state index in [-0.39, 0.29) is 17.7 Å². The fraction of sp³-hybridized carbons (Fsp3) is 0.200. The number of anilines is 1. The Bertz CT molecular complexity index is 666. The van der Waals surface area contributed by atoms with E-state index in [1.807, 2.05) is 11.4 Å². The van der Waals surface area contributed by atoms with E-state index in [1.165, 1.54) is 23.5 Å². The van der Waals surface area contributed by atoms with Gasteiger partial charge in [0.1, 0.15) is 5.82 Å². The van der Waals surface area contributed by atoms with E-state index in [0.717, 1.165) is 0 Å². The highest BCUT2D eigenvalue weighted by Gasteiger charge is 2.36. The molecule has 3 rings (SSSR count). The summed E-state index contributed by atoms with van der Waals surface area (Å²) in [6, 6.07) is 9.36. The van der Waals surface area contributed by atoms with Crippen LogP contribution in [-0.4, -0.2) is 29.8 Å². The van der Waals surface area contributed by atoms with Crippen molar-refractivity contribution in [3.05, 3.63) is 52.5 Å². The number of halogens is 1. The van der Waals surface area contributed by atoms with Crippen molar-refractivity contribution in [2.24, 2.45) is 5.92 Å². The summed E-state index contributed by atoms with van der Waals surface area (Å²) in [5, 5.41) is 4.51. The van der Waals surface area contributed by atoms with E-state index >= 15 is 0 Å². The Morgan fingerprint density at radius 2 is 2.05 bits per heavy atom. The van der Waals surface area contributed by atoms with Crippen LogP contribution in [0.1, 0.15) is 9.67 Å². The Morgan fingerprint density at radius 3 is 2.71 bits per heavy atom. The van der Waals surface area contributed by atoms with Gasteiger partial charge in [-0.15, -0.1) is 11.3 Å². The first kappa shape index (κ1) is 13.8. The average molecular weight is 304 g/mol. The van der Waals surface area contributed by atoms with Gasteiger partial charge in [0.25, 0.3) is 5.91 Å². The first-order valence-corrected chi connectivity index (χ1v) is 7.40. The van der Waals surface area contributed by atoms with Gasteiger partial charge >= 0.3 is 0 Å². The van der Waals surface area contributed by atoms with Crippen LogP contribution in [0.15, 0.2) is 41.8 Å². The Hall–Kier alpha value is -2.21. The molecule has 2 amide bonds. The molecular weight excluding hydrogens is 291 g/mol. The molecule has 1 aliphatic rings. The van der Waals surface area contributed by atoms with Crippen LogP contribution in [-0.2, 0) is 4.79 Å². The van der Waals surface area contributed by atoms with Crippen LogP contribution in [0.5, 0.6) is 0 Å². The van der Waals surface area contributed by atoms with Crippen molar-refractivity contribution < 1.29 is 14.0 Å². The molecule has 2 heterocycles. The number of hydrogen-bond acceptors (Lipinski definition) is 3. The summed E-state index contributed by atoms with van der Waals surface area (Å²) < 4.78 is 13.0. The molecule has 4 nitrogen and oxygen atoms in total. The second-order valence-corrected chi connectivity index (χ2v) is 5.83. The van der Waals surface area contributed by atoms with Crippen LogP contribution < -0.4 is 5.32 Å². The monoisotopic (exact) mass is 304 g/mol. The molecule has 0 saturated carbocycles. The number of likely N-dealkylation sites (tertiary alicyclic amines) is 1. The van der Waals surface area contributed by atoms with Crippen LogP contribution in [0.3, 0.4) is 0 Å². The zero-order valence-corrected chi connectivity index (χ0v) is 11.9. The lowest BCUT2D eigenvalue weighted by Gasteiger charge is -2.37. The van der Waals surface area contributed by atoms with Gasteiger partial charge < -0.3 is 10.2 Å². The lowest BCUT2D eigenvalue weighted by molar-refractivity contribution is -0.123. The molecule has 1 aromatic heterocycles. The fourth-order valence-corrected chi connectivity index (χ4v) is 2.87. The number of carbonyl (C=O) groups excluding carboxylic acids is 2. The predicted octanol–water partition coefficient (Wildman–Crippen LogP) is 2.60. The van der Waals surface area contributed by atoms with Crippen molar-refractivity contribution in [2.45, 2.75) is 0 Å². The second kappa shape index (κ2) is 5.65. The third-order valence-corrected chi connectivity index (χ3v) is 4.22. The summed E-state index contributed by atoms with van der Waals surface area (Å²) in [4.78, 5) is 26.3. The zero-order chi connectivity index (χ0) is 14.8. The second-order valence-electron chi connectivity index (χ2n) is 4.88. The molecule has 0 bridgehead atoms. The molecule has 1 N–H and O–H groups in total. The number of nitrogens with one attached hydrogen (secondary N) is 1. The Labute approximate surface area is 125 Å². The predicted molar refractivity (Wildman–Crippen MR) is 78.7 cm³/mol. The maximum Gasteiger partial charge on any atom is 0.263 e. The highest BCUT2D eigenvalue weighted by molar-refractivity contribution is 7.12. The molecule has 1 aromatic carbocycles. The Kier molecular flexibility index (Phi) is 3.70. The van der Waals surface area contributed by atoms with Gasteiger partial charge in [0.15, 0.2) is 0 Å². The lowest BCUT2D eigenvalue weighted by atomic mass is 9.98. The van der Waals surface area contributed by atoms with Crippen LogP contribution in [0, 0.1) is 11.7 Å². The number of nitrogens with zero attached hydrogens (tertiary/aromatic N) is 1. The van der Waals surface area contributed by atoms with Crippen LogP contribution >= 0.6 is 11.3 Å². The van der Waals surface area contributed by atoms with E-state index in [9.17, 15) is 14.0 Å². The zero-order valence-electron chi connectivity index (χ0n) is 11.1. The molecule has 6 heteroatoms. The number of carbonyl (C=O) groups is 2. The number of hydrogen-bond donors (Lipinski definition) is 1. The van der Waals surface area contributed by atoms with Crippen LogP contribution in [0.25, 0.3) is 0 Å². The van der Waals surface area contributed by atoms with Crippen LogP contribution in [0.4, 0.5) is 10.1 Å². The molecule has 0 radical (unpaired) electrons. The highest BCUT2D eigenvalue weighted by Crippen LogP contribution is 2.22. The molecule has 1 fully saturated rings. The number of benzene rings is 1. The lowest BCUT2D eigenvalue weighted by Crippen LogP contribution is -2.54. The molecule has 0 atom stereocenters. The quantitative estimate of drug-likeness (QED) is 0.947. The van der Waals surface area contributed by atoms with Crippen molar-refractivity contribution in [3.63, 3.8) is 0 Å². The van der Waals surface area contributed by atoms with E-state index in [1.54, 1.807) is 23.1 Å². The number of thiophene rings is 1. The minimum absolute atomic E-state index is 0.0418. The van der Waals surface area contributed by atoms with Gasteiger partial charge in [0, 0.05) is 18.8 Å². The molecule has 1 saturated heterocycles. The van der Waals surface area contributed by atoms with Gasteiger partial charge in [-0.05, 0) is 29.6 Å². The van der Waals surface area contributed by atoms with E-state index in [0.29, 0.717) is 23.7 Å². The van der Waals surface area contributed by atoms with Gasteiger partial charge in [-0.25, -0.2) is 4.39 Å². The van der Waals surface area contributed by atoms with E-state index in [2.05, 4.69) is 5.32 Å². The minimum Gasteiger partial charge on any atom is -0.336 e. The maximum atomic E-state index is 13.0. The van der Waals surface area contributed by atoms with Gasteiger partial charge in [-0.2, -0.15) is 0 Å². The summed E-state index contributed by atoms with van der Waals surface area (Å²) in [6.07, 6.45) is 0. The van der Waals surface area contributed by atoms with Crippen molar-refractivity contribution >= 4 is 28.8 Å². The summed E-state index contributed by atoms with van der Waals surface area (Å²) in [7, 11) is 0. The summed E-state index contributed by atoms with van der Waals surface area (Å²) in [6.45, 7) is 0.801. The molecule has 0 aliphatic carbocycles. The Balaban J connectivity index is 1.54. The summed E-state index contributed by atoms with van der Waals surface area (Å²) in [5.41, 5.74) is 0.433. The number of rotatable bonds is 3. The number of amides is 2. The van der Waals surface area contributed by atoms with E-state index < -0.39 is 5.82 Å². The normalized spacial score (nSPS) is 14.6. The van der Waals surface area contributed by atoms with Crippen molar-refractivity contribution in [3.8, 4) is 0 Å². The largest absolute Gasteiger partial charge is 0.336 e. The first-order chi connectivity index (χ1) is 10.1. The molecule has 108 valence electrons. The van der Waals surface area contributed by atoms with Crippen LogP contribution in [0.2, 0.25) is 0 Å². The molecule has 1 aliphatic heterocycles. The van der Waals surface area contributed by atoms with Gasteiger partial charge in [-0.3, -0.25) is 9.59 Å². The summed E-state index contributed by atoms with van der Waals surface area (Å²) in [5.74, 6) is -0.858. The van der Waals surface area contributed by atoms with Gasteiger partial charge in [0.2, 0.25) is 5.91 Å². The standard InChI is InChI=1S/C15H13FN2O2S/c16-11-3-1-4-12(7-11)17-14(19)10-8-18(9-10)15(20)13-5-2-6-21-13/h1-7,10H,8-9H2,(H,17,19). The first-order valence-electron chi connectivity index (χ1n) is 6.52.